The van der Waals surface area contributed by atoms with Crippen LogP contribution in [-0.4, -0.2) is 13.2 Å². The zero-order valence-electron chi connectivity index (χ0n) is 10.6. The fraction of sp³-hybridized carbons (Fsp3) is 0.250. The van der Waals surface area contributed by atoms with E-state index in [9.17, 15) is 0 Å². The lowest BCUT2D eigenvalue weighted by Crippen LogP contribution is -2.01. The van der Waals surface area contributed by atoms with Gasteiger partial charge in [-0.3, -0.25) is 0 Å². The lowest BCUT2D eigenvalue weighted by atomic mass is 10.1. The molecule has 0 aromatic heterocycles. The van der Waals surface area contributed by atoms with E-state index in [4.69, 9.17) is 21.1 Å². The molecule has 0 radical (unpaired) electrons. The van der Waals surface area contributed by atoms with Crippen LogP contribution >= 0.6 is 11.6 Å². The summed E-state index contributed by atoms with van der Waals surface area (Å²) in [7, 11) is 0. The van der Waals surface area contributed by atoms with Crippen LogP contribution in [0.4, 0.5) is 0 Å². The molecule has 1 heterocycles. The molecule has 0 saturated heterocycles. The van der Waals surface area contributed by atoms with Gasteiger partial charge in [0.1, 0.15) is 11.5 Å². The first kappa shape index (κ1) is 12.4. The summed E-state index contributed by atoms with van der Waals surface area (Å²) in [5.41, 5.74) is 2.60. The molecule has 0 amide bonds. The molecule has 0 unspecified atom stereocenters. The first-order valence-electron chi connectivity index (χ1n) is 6.44. The first-order valence-corrected chi connectivity index (χ1v) is 6.82. The van der Waals surface area contributed by atoms with Gasteiger partial charge in [-0.25, -0.2) is 0 Å². The molecule has 3 heteroatoms. The second kappa shape index (κ2) is 5.54. The van der Waals surface area contributed by atoms with E-state index in [1.165, 1.54) is 11.1 Å². The molecule has 0 bridgehead atoms. The molecule has 2 aromatic rings. The number of halogens is 1. The van der Waals surface area contributed by atoms with E-state index in [-0.39, 0.29) is 0 Å². The van der Waals surface area contributed by atoms with Gasteiger partial charge in [-0.2, -0.15) is 0 Å². The predicted molar refractivity (Wildman–Crippen MR) is 76.3 cm³/mol. The third-order valence-electron chi connectivity index (χ3n) is 3.23. The quantitative estimate of drug-likeness (QED) is 0.842. The molecule has 0 atom stereocenters. The van der Waals surface area contributed by atoms with E-state index in [1.54, 1.807) is 0 Å². The molecule has 0 spiro atoms. The molecule has 2 aromatic carbocycles. The summed E-state index contributed by atoms with van der Waals surface area (Å²) in [6.07, 6.45) is 1.91. The number of hydrogen-bond acceptors (Lipinski definition) is 2. The van der Waals surface area contributed by atoms with E-state index < -0.39 is 0 Å². The van der Waals surface area contributed by atoms with Crippen LogP contribution in [0.15, 0.2) is 42.5 Å². The van der Waals surface area contributed by atoms with Crippen molar-refractivity contribution in [1.82, 2.24) is 0 Å². The van der Waals surface area contributed by atoms with Crippen molar-refractivity contribution in [3.8, 4) is 11.5 Å². The number of benzene rings is 2. The summed E-state index contributed by atoms with van der Waals surface area (Å²) in [4.78, 5) is 0. The van der Waals surface area contributed by atoms with Gasteiger partial charge in [-0.1, -0.05) is 23.7 Å². The minimum Gasteiger partial charge on any atom is -0.493 e. The Morgan fingerprint density at radius 1 is 1.11 bits per heavy atom. The second-order valence-electron chi connectivity index (χ2n) is 4.59. The van der Waals surface area contributed by atoms with Gasteiger partial charge in [0.25, 0.3) is 0 Å². The van der Waals surface area contributed by atoms with E-state index >= 15 is 0 Å². The highest BCUT2D eigenvalue weighted by Crippen LogP contribution is 2.26. The fourth-order valence-corrected chi connectivity index (χ4v) is 2.34. The van der Waals surface area contributed by atoms with Crippen LogP contribution in [0, 0.1) is 0 Å². The standard InChI is InChI=1S/C16H15ClO2/c17-14-2-4-15(5-3-14)18-9-7-12-1-6-16-13(11-12)8-10-19-16/h1-6,11H,7-10H2. The Labute approximate surface area is 117 Å². The van der Waals surface area contributed by atoms with Crippen LogP contribution in [0.1, 0.15) is 11.1 Å². The molecular formula is C16H15ClO2. The zero-order chi connectivity index (χ0) is 13.1. The molecule has 0 N–H and O–H groups in total. The predicted octanol–water partition coefficient (Wildman–Crippen LogP) is 3.90. The molecule has 0 saturated carbocycles. The van der Waals surface area contributed by atoms with E-state index in [0.29, 0.717) is 6.61 Å². The van der Waals surface area contributed by atoms with Gasteiger partial charge in [0.15, 0.2) is 0 Å². The lowest BCUT2D eigenvalue weighted by molar-refractivity contribution is 0.322. The smallest absolute Gasteiger partial charge is 0.122 e. The Hall–Kier alpha value is -1.67. The molecule has 1 aliphatic heterocycles. The maximum absolute atomic E-state index is 5.83. The van der Waals surface area contributed by atoms with E-state index in [2.05, 4.69) is 18.2 Å². The molecule has 1 aliphatic rings. The van der Waals surface area contributed by atoms with Gasteiger partial charge in [-0.05, 0) is 41.5 Å². The van der Waals surface area contributed by atoms with Crippen molar-refractivity contribution in [3.05, 3.63) is 58.6 Å². The second-order valence-corrected chi connectivity index (χ2v) is 5.03. The number of fused-ring (bicyclic) bond motifs is 1. The van der Waals surface area contributed by atoms with Crippen LogP contribution in [0.5, 0.6) is 11.5 Å². The van der Waals surface area contributed by atoms with Crippen LogP contribution in [0.2, 0.25) is 5.02 Å². The Kier molecular flexibility index (Phi) is 3.60. The largest absolute Gasteiger partial charge is 0.493 e. The normalized spacial score (nSPS) is 12.9. The zero-order valence-corrected chi connectivity index (χ0v) is 11.3. The Morgan fingerprint density at radius 3 is 2.79 bits per heavy atom. The highest BCUT2D eigenvalue weighted by molar-refractivity contribution is 6.30. The van der Waals surface area contributed by atoms with Crippen molar-refractivity contribution >= 4 is 11.6 Å². The molecule has 3 rings (SSSR count). The van der Waals surface area contributed by atoms with Gasteiger partial charge < -0.3 is 9.47 Å². The van der Waals surface area contributed by atoms with Crippen LogP contribution < -0.4 is 9.47 Å². The summed E-state index contributed by atoms with van der Waals surface area (Å²) in [6.45, 7) is 1.47. The average molecular weight is 275 g/mol. The molecule has 98 valence electrons. The monoisotopic (exact) mass is 274 g/mol. The lowest BCUT2D eigenvalue weighted by Gasteiger charge is -2.07. The third-order valence-corrected chi connectivity index (χ3v) is 3.48. The van der Waals surface area contributed by atoms with Gasteiger partial charge >= 0.3 is 0 Å². The van der Waals surface area contributed by atoms with Crippen molar-refractivity contribution in [2.24, 2.45) is 0 Å². The van der Waals surface area contributed by atoms with Crippen LogP contribution in [-0.2, 0) is 12.8 Å². The molecule has 19 heavy (non-hydrogen) atoms. The number of rotatable bonds is 4. The van der Waals surface area contributed by atoms with E-state index in [0.717, 1.165) is 36.0 Å². The van der Waals surface area contributed by atoms with Crippen molar-refractivity contribution in [1.29, 1.82) is 0 Å². The van der Waals surface area contributed by atoms with Crippen molar-refractivity contribution in [3.63, 3.8) is 0 Å². The maximum atomic E-state index is 5.83. The van der Waals surface area contributed by atoms with Crippen molar-refractivity contribution < 1.29 is 9.47 Å². The van der Waals surface area contributed by atoms with Crippen molar-refractivity contribution in [2.45, 2.75) is 12.8 Å². The summed E-state index contributed by atoms with van der Waals surface area (Å²) >= 11 is 5.83. The van der Waals surface area contributed by atoms with Crippen LogP contribution in [0.25, 0.3) is 0 Å². The molecule has 2 nitrogen and oxygen atoms in total. The summed E-state index contributed by atoms with van der Waals surface area (Å²) in [5, 5.41) is 0.728. The van der Waals surface area contributed by atoms with Crippen molar-refractivity contribution in [2.75, 3.05) is 13.2 Å². The minimum absolute atomic E-state index is 0.668. The van der Waals surface area contributed by atoms with Gasteiger partial charge in [0.05, 0.1) is 13.2 Å². The van der Waals surface area contributed by atoms with Crippen LogP contribution in [0.3, 0.4) is 0 Å². The highest BCUT2D eigenvalue weighted by Gasteiger charge is 2.11. The SMILES string of the molecule is Clc1ccc(OCCc2ccc3c(c2)CCO3)cc1. The third kappa shape index (κ3) is 3.02. The Bertz CT molecular complexity index is 563. The first-order chi connectivity index (χ1) is 9.31. The highest BCUT2D eigenvalue weighted by atomic mass is 35.5. The molecule has 0 aliphatic carbocycles. The summed E-state index contributed by atoms with van der Waals surface area (Å²) in [6, 6.07) is 13.8. The van der Waals surface area contributed by atoms with Gasteiger partial charge in [-0.15, -0.1) is 0 Å². The Balaban J connectivity index is 1.56. The van der Waals surface area contributed by atoms with Gasteiger partial charge in [0, 0.05) is 17.9 Å². The number of hydrogen-bond donors (Lipinski definition) is 0. The number of ether oxygens (including phenoxy) is 2. The van der Waals surface area contributed by atoms with E-state index in [1.807, 2.05) is 24.3 Å². The average Bonchev–Trinajstić information content (AvgIpc) is 2.88. The summed E-state index contributed by atoms with van der Waals surface area (Å²) in [5.74, 6) is 1.89. The van der Waals surface area contributed by atoms with Gasteiger partial charge in [0.2, 0.25) is 0 Å². The molecular weight excluding hydrogens is 260 g/mol. The minimum atomic E-state index is 0.668. The summed E-state index contributed by atoms with van der Waals surface area (Å²) < 4.78 is 11.2. The fourth-order valence-electron chi connectivity index (χ4n) is 2.21. The maximum Gasteiger partial charge on any atom is 0.122 e. The topological polar surface area (TPSA) is 18.5 Å². The molecule has 0 fully saturated rings. The Morgan fingerprint density at radius 2 is 1.95 bits per heavy atom.